The topological polar surface area (TPSA) is 72.2 Å². The predicted octanol–water partition coefficient (Wildman–Crippen LogP) is 2.07. The zero-order chi connectivity index (χ0) is 15.5. The third-order valence-electron chi connectivity index (χ3n) is 2.89. The van der Waals surface area contributed by atoms with Gasteiger partial charge in [-0.15, -0.1) is 0 Å². The van der Waals surface area contributed by atoms with Crippen LogP contribution in [0.3, 0.4) is 0 Å². The third kappa shape index (κ3) is 3.77. The Morgan fingerprint density at radius 1 is 1.05 bits per heavy atom. The zero-order valence-electron chi connectivity index (χ0n) is 11.0. The van der Waals surface area contributed by atoms with Crippen molar-refractivity contribution in [3.63, 3.8) is 0 Å². The third-order valence-corrected chi connectivity index (χ3v) is 4.37. The molecule has 0 radical (unpaired) electrons. The molecule has 0 unspecified atom stereocenters. The van der Waals surface area contributed by atoms with Crippen LogP contribution in [0.25, 0.3) is 0 Å². The highest BCUT2D eigenvalue weighted by Crippen LogP contribution is 2.20. The molecule has 21 heavy (non-hydrogen) atoms. The molecule has 0 saturated carbocycles. The van der Waals surface area contributed by atoms with Crippen LogP contribution in [0.5, 0.6) is 0 Å². The van der Waals surface area contributed by atoms with Crippen molar-refractivity contribution in [2.24, 2.45) is 0 Å². The van der Waals surface area contributed by atoms with E-state index >= 15 is 0 Å². The number of nitrogens with two attached hydrogens (primary N) is 1. The van der Waals surface area contributed by atoms with Crippen LogP contribution in [0.15, 0.2) is 47.4 Å². The van der Waals surface area contributed by atoms with Crippen LogP contribution >= 0.6 is 0 Å². The lowest BCUT2D eigenvalue weighted by Gasteiger charge is -2.09. The first-order chi connectivity index (χ1) is 9.90. The zero-order valence-corrected chi connectivity index (χ0v) is 11.8. The summed E-state index contributed by atoms with van der Waals surface area (Å²) in [4.78, 5) is -0.658. The molecule has 0 aliphatic rings. The minimum atomic E-state index is -4.07. The molecule has 2 rings (SSSR count). The van der Waals surface area contributed by atoms with Gasteiger partial charge < -0.3 is 5.73 Å². The number of rotatable bonds is 5. The smallest absolute Gasteiger partial charge is 0.243 e. The summed E-state index contributed by atoms with van der Waals surface area (Å²) < 4.78 is 52.8. The van der Waals surface area contributed by atoms with Crippen molar-refractivity contribution >= 4 is 15.7 Å². The number of benzene rings is 2. The molecule has 0 amide bonds. The second-order valence-corrected chi connectivity index (χ2v) is 6.17. The van der Waals surface area contributed by atoms with E-state index in [1.807, 2.05) is 30.3 Å². The fraction of sp³-hybridized carbons (Fsp3) is 0.143. The Labute approximate surface area is 121 Å². The average Bonchev–Trinajstić information content (AvgIpc) is 2.43. The summed E-state index contributed by atoms with van der Waals surface area (Å²) in [5, 5.41) is 0. The molecule has 2 aromatic carbocycles. The van der Waals surface area contributed by atoms with E-state index in [9.17, 15) is 17.2 Å². The lowest BCUT2D eigenvalue weighted by molar-refractivity contribution is 0.545. The molecule has 0 saturated heterocycles. The number of sulfonamides is 1. The monoisotopic (exact) mass is 312 g/mol. The molecule has 2 aromatic rings. The van der Waals surface area contributed by atoms with Crippen molar-refractivity contribution in [1.82, 2.24) is 4.72 Å². The van der Waals surface area contributed by atoms with Gasteiger partial charge in [-0.05, 0) is 18.1 Å². The quantitative estimate of drug-likeness (QED) is 0.830. The van der Waals surface area contributed by atoms with Gasteiger partial charge in [-0.2, -0.15) is 0 Å². The van der Waals surface area contributed by atoms with E-state index in [0.717, 1.165) is 11.6 Å². The summed E-state index contributed by atoms with van der Waals surface area (Å²) in [7, 11) is -4.07. The minimum absolute atomic E-state index is 0.100. The maximum Gasteiger partial charge on any atom is 0.243 e. The Morgan fingerprint density at radius 3 is 2.38 bits per heavy atom. The van der Waals surface area contributed by atoms with Gasteiger partial charge in [0.15, 0.2) is 0 Å². The number of hydrogen-bond donors (Lipinski definition) is 2. The highest BCUT2D eigenvalue weighted by molar-refractivity contribution is 7.89. The van der Waals surface area contributed by atoms with E-state index in [-0.39, 0.29) is 6.54 Å². The molecule has 0 bridgehead atoms. The van der Waals surface area contributed by atoms with E-state index in [1.54, 1.807) is 0 Å². The normalized spacial score (nSPS) is 11.5. The van der Waals surface area contributed by atoms with Gasteiger partial charge in [0.05, 0.1) is 5.69 Å². The maximum absolute atomic E-state index is 13.6. The molecule has 0 aliphatic heterocycles. The van der Waals surface area contributed by atoms with E-state index in [0.29, 0.717) is 12.5 Å². The summed E-state index contributed by atoms with van der Waals surface area (Å²) in [6.45, 7) is 0.100. The van der Waals surface area contributed by atoms with Gasteiger partial charge in [0.1, 0.15) is 16.5 Å². The van der Waals surface area contributed by atoms with Gasteiger partial charge in [0, 0.05) is 12.6 Å². The highest BCUT2D eigenvalue weighted by atomic mass is 32.2. The van der Waals surface area contributed by atoms with Crippen LogP contribution in [-0.2, 0) is 16.4 Å². The number of anilines is 1. The van der Waals surface area contributed by atoms with Crippen LogP contribution in [-0.4, -0.2) is 15.0 Å². The van der Waals surface area contributed by atoms with Crippen molar-refractivity contribution in [3.05, 3.63) is 59.7 Å². The number of nitrogen functional groups attached to an aromatic ring is 1. The fourth-order valence-electron chi connectivity index (χ4n) is 1.80. The second kappa shape index (κ2) is 6.19. The van der Waals surface area contributed by atoms with E-state index in [2.05, 4.69) is 4.72 Å². The molecule has 3 N–H and O–H groups in total. The van der Waals surface area contributed by atoms with Crippen molar-refractivity contribution < 1.29 is 17.2 Å². The van der Waals surface area contributed by atoms with Gasteiger partial charge in [-0.3, -0.25) is 0 Å². The first-order valence-electron chi connectivity index (χ1n) is 6.18. The Kier molecular flexibility index (Phi) is 4.54. The number of nitrogens with one attached hydrogen (secondary N) is 1. The molecular formula is C14H14F2N2O2S. The molecule has 0 spiro atoms. The molecule has 0 aliphatic carbocycles. The molecule has 112 valence electrons. The summed E-state index contributed by atoms with van der Waals surface area (Å²) in [6, 6.07) is 10.5. The molecule has 4 nitrogen and oxygen atoms in total. The molecule has 0 atom stereocenters. The van der Waals surface area contributed by atoms with E-state index in [1.165, 1.54) is 0 Å². The van der Waals surface area contributed by atoms with E-state index < -0.39 is 32.2 Å². The first kappa shape index (κ1) is 15.4. The Bertz CT molecular complexity index is 734. The van der Waals surface area contributed by atoms with E-state index in [4.69, 9.17) is 5.73 Å². The molecule has 0 heterocycles. The SMILES string of the molecule is Nc1cc(S(=O)(=O)NCCc2ccccc2)c(F)cc1F. The first-order valence-corrected chi connectivity index (χ1v) is 7.66. The summed E-state index contributed by atoms with van der Waals surface area (Å²) >= 11 is 0. The number of halogens is 2. The van der Waals surface area contributed by atoms with Crippen molar-refractivity contribution in [1.29, 1.82) is 0 Å². The van der Waals surface area contributed by atoms with Gasteiger partial charge in [-0.25, -0.2) is 21.9 Å². The van der Waals surface area contributed by atoms with Crippen molar-refractivity contribution in [3.8, 4) is 0 Å². The molecule has 7 heteroatoms. The van der Waals surface area contributed by atoms with Crippen LogP contribution in [0.2, 0.25) is 0 Å². The summed E-state index contributed by atoms with van der Waals surface area (Å²) in [6.07, 6.45) is 0.457. The maximum atomic E-state index is 13.6. The van der Waals surface area contributed by atoms with Gasteiger partial charge in [0.2, 0.25) is 10.0 Å². The summed E-state index contributed by atoms with van der Waals surface area (Å²) in [5.41, 5.74) is 5.80. The van der Waals surface area contributed by atoms with Gasteiger partial charge >= 0.3 is 0 Å². The van der Waals surface area contributed by atoms with Crippen LogP contribution in [0.4, 0.5) is 14.5 Å². The lowest BCUT2D eigenvalue weighted by Crippen LogP contribution is -2.27. The van der Waals surface area contributed by atoms with Gasteiger partial charge in [-0.1, -0.05) is 30.3 Å². The molecule has 0 fully saturated rings. The highest BCUT2D eigenvalue weighted by Gasteiger charge is 2.20. The standard InChI is InChI=1S/C14H14F2N2O2S/c15-11-8-12(16)14(9-13(11)17)21(19,20)18-7-6-10-4-2-1-3-5-10/h1-5,8-9,18H,6-7,17H2. The lowest BCUT2D eigenvalue weighted by atomic mass is 10.2. The van der Waals surface area contributed by atoms with Crippen LogP contribution in [0.1, 0.15) is 5.56 Å². The average molecular weight is 312 g/mol. The predicted molar refractivity (Wildman–Crippen MR) is 76.1 cm³/mol. The molecule has 0 aromatic heterocycles. The Hall–Kier alpha value is -1.99. The van der Waals surface area contributed by atoms with Crippen molar-refractivity contribution in [2.45, 2.75) is 11.3 Å². The largest absolute Gasteiger partial charge is 0.396 e. The van der Waals surface area contributed by atoms with Crippen LogP contribution < -0.4 is 10.5 Å². The Morgan fingerprint density at radius 2 is 1.71 bits per heavy atom. The summed E-state index contributed by atoms with van der Waals surface area (Å²) in [5.74, 6) is -2.16. The Balaban J connectivity index is 2.10. The number of hydrogen-bond acceptors (Lipinski definition) is 3. The fourth-order valence-corrected chi connectivity index (χ4v) is 2.93. The van der Waals surface area contributed by atoms with Crippen molar-refractivity contribution in [2.75, 3.05) is 12.3 Å². The van der Waals surface area contributed by atoms with Crippen LogP contribution in [0, 0.1) is 11.6 Å². The minimum Gasteiger partial charge on any atom is -0.396 e. The van der Waals surface area contributed by atoms with Gasteiger partial charge in [0.25, 0.3) is 0 Å². The second-order valence-electron chi connectivity index (χ2n) is 4.44. The molecular weight excluding hydrogens is 298 g/mol.